The number of amides is 1. The molecule has 0 aliphatic carbocycles. The van der Waals surface area contributed by atoms with Gasteiger partial charge in [0.15, 0.2) is 9.84 Å². The molecule has 172 valence electrons. The van der Waals surface area contributed by atoms with E-state index in [9.17, 15) is 13.2 Å². The van der Waals surface area contributed by atoms with Crippen LogP contribution in [0.3, 0.4) is 0 Å². The Balaban J connectivity index is 1.57. The molecule has 0 spiro atoms. The second-order valence-corrected chi connectivity index (χ2v) is 10.5. The molecule has 0 bridgehead atoms. The summed E-state index contributed by atoms with van der Waals surface area (Å²) in [5.41, 5.74) is 4.28. The normalized spacial score (nSPS) is 11.2. The second-order valence-electron chi connectivity index (χ2n) is 7.74. The number of anilines is 1. The smallest absolute Gasteiger partial charge is 0.229 e. The fourth-order valence-corrected chi connectivity index (χ4v) is 4.57. The predicted molar refractivity (Wildman–Crippen MR) is 137 cm³/mol. The summed E-state index contributed by atoms with van der Waals surface area (Å²) in [7, 11) is -3.27. The quantitative estimate of drug-likeness (QED) is 0.342. The molecule has 1 aromatic heterocycles. The standard InChI is InChI=1S/C27H23ClN2O3S/c1-2-34(32,33)23-14-8-19(9-15-23)18-26(31)29-25-17-16-24(20-10-12-22(28)13-11-20)27(30-25)21-6-4-3-5-7-21/h3-17H,2,18H2,1H3,(H,29,30,31). The lowest BCUT2D eigenvalue weighted by atomic mass is 9.99. The van der Waals surface area contributed by atoms with Crippen LogP contribution >= 0.6 is 11.6 Å². The van der Waals surface area contributed by atoms with Crippen molar-refractivity contribution >= 4 is 33.2 Å². The lowest BCUT2D eigenvalue weighted by molar-refractivity contribution is -0.115. The number of halogens is 1. The fourth-order valence-electron chi connectivity index (χ4n) is 3.56. The van der Waals surface area contributed by atoms with Crippen LogP contribution in [-0.2, 0) is 21.1 Å². The summed E-state index contributed by atoms with van der Waals surface area (Å²) in [6.45, 7) is 1.60. The molecule has 0 radical (unpaired) electrons. The van der Waals surface area contributed by atoms with Crippen LogP contribution in [0.15, 0.2) is 95.9 Å². The van der Waals surface area contributed by atoms with Crippen molar-refractivity contribution < 1.29 is 13.2 Å². The van der Waals surface area contributed by atoms with Crippen LogP contribution in [0.5, 0.6) is 0 Å². The topological polar surface area (TPSA) is 76.1 Å². The second kappa shape index (κ2) is 10.2. The molecular weight excluding hydrogens is 468 g/mol. The number of benzene rings is 3. The molecule has 5 nitrogen and oxygen atoms in total. The summed E-state index contributed by atoms with van der Waals surface area (Å²) in [6, 6.07) is 27.4. The Hall–Kier alpha value is -3.48. The third-order valence-corrected chi connectivity index (χ3v) is 7.39. The molecule has 3 aromatic carbocycles. The summed E-state index contributed by atoms with van der Waals surface area (Å²) < 4.78 is 24.0. The third kappa shape index (κ3) is 5.53. The molecule has 34 heavy (non-hydrogen) atoms. The van der Waals surface area contributed by atoms with E-state index >= 15 is 0 Å². The highest BCUT2D eigenvalue weighted by Gasteiger charge is 2.14. The van der Waals surface area contributed by atoms with Crippen molar-refractivity contribution in [1.82, 2.24) is 4.98 Å². The minimum atomic E-state index is -3.27. The van der Waals surface area contributed by atoms with Crippen LogP contribution in [0.2, 0.25) is 5.02 Å². The Morgan fingerprint density at radius 1 is 0.853 bits per heavy atom. The first kappa shape index (κ1) is 23.7. The van der Waals surface area contributed by atoms with Gasteiger partial charge >= 0.3 is 0 Å². The summed E-state index contributed by atoms with van der Waals surface area (Å²) in [5.74, 6) is 0.234. The maximum Gasteiger partial charge on any atom is 0.229 e. The van der Waals surface area contributed by atoms with E-state index in [-0.39, 0.29) is 23.0 Å². The zero-order chi connectivity index (χ0) is 24.1. The van der Waals surface area contributed by atoms with Gasteiger partial charge in [-0.1, -0.05) is 73.1 Å². The number of pyridine rings is 1. The van der Waals surface area contributed by atoms with Crippen LogP contribution in [-0.4, -0.2) is 25.1 Å². The van der Waals surface area contributed by atoms with Crippen LogP contribution in [0.4, 0.5) is 5.82 Å². The number of hydrogen-bond donors (Lipinski definition) is 1. The van der Waals surface area contributed by atoms with Gasteiger partial charge in [0.1, 0.15) is 5.82 Å². The van der Waals surface area contributed by atoms with Crippen LogP contribution in [0, 0.1) is 0 Å². The molecule has 0 aliphatic heterocycles. The van der Waals surface area contributed by atoms with Gasteiger partial charge in [-0.25, -0.2) is 13.4 Å². The van der Waals surface area contributed by atoms with E-state index in [2.05, 4.69) is 5.32 Å². The fraction of sp³-hybridized carbons (Fsp3) is 0.111. The first-order valence-corrected chi connectivity index (χ1v) is 12.8. The van der Waals surface area contributed by atoms with E-state index in [4.69, 9.17) is 16.6 Å². The molecule has 1 amide bonds. The highest BCUT2D eigenvalue weighted by atomic mass is 35.5. The number of hydrogen-bond acceptors (Lipinski definition) is 4. The molecule has 7 heteroatoms. The lowest BCUT2D eigenvalue weighted by Crippen LogP contribution is -2.15. The maximum atomic E-state index is 12.7. The molecule has 1 heterocycles. The highest BCUT2D eigenvalue weighted by molar-refractivity contribution is 7.91. The summed E-state index contributed by atoms with van der Waals surface area (Å²) >= 11 is 6.05. The van der Waals surface area contributed by atoms with E-state index < -0.39 is 9.84 Å². The van der Waals surface area contributed by atoms with Gasteiger partial charge in [-0.2, -0.15) is 0 Å². The van der Waals surface area contributed by atoms with Gasteiger partial charge in [-0.05, 0) is 47.5 Å². The van der Waals surface area contributed by atoms with Crippen molar-refractivity contribution in [1.29, 1.82) is 0 Å². The Kier molecular flexibility index (Phi) is 7.10. The number of nitrogens with zero attached hydrogens (tertiary/aromatic N) is 1. The summed E-state index contributed by atoms with van der Waals surface area (Å²) in [4.78, 5) is 17.7. The average molecular weight is 491 g/mol. The number of nitrogens with one attached hydrogen (secondary N) is 1. The monoisotopic (exact) mass is 490 g/mol. The van der Waals surface area contributed by atoms with Gasteiger partial charge in [0.2, 0.25) is 5.91 Å². The minimum absolute atomic E-state index is 0.0360. The van der Waals surface area contributed by atoms with E-state index in [1.807, 2.05) is 60.7 Å². The molecular formula is C27H23ClN2O3S. The molecule has 0 aliphatic rings. The Morgan fingerprint density at radius 2 is 1.53 bits per heavy atom. The van der Waals surface area contributed by atoms with E-state index in [0.717, 1.165) is 22.4 Å². The van der Waals surface area contributed by atoms with Gasteiger partial charge < -0.3 is 5.32 Å². The van der Waals surface area contributed by atoms with Crippen molar-refractivity contribution in [2.75, 3.05) is 11.1 Å². The van der Waals surface area contributed by atoms with Crippen molar-refractivity contribution in [2.45, 2.75) is 18.2 Å². The molecule has 0 fully saturated rings. The predicted octanol–water partition coefficient (Wildman–Crippen LogP) is 6.04. The number of aromatic nitrogens is 1. The van der Waals surface area contributed by atoms with Gasteiger partial charge in [-0.3, -0.25) is 4.79 Å². The largest absolute Gasteiger partial charge is 0.310 e. The van der Waals surface area contributed by atoms with E-state index in [1.54, 1.807) is 25.1 Å². The molecule has 4 aromatic rings. The molecule has 0 unspecified atom stereocenters. The van der Waals surface area contributed by atoms with Crippen LogP contribution in [0.1, 0.15) is 12.5 Å². The zero-order valence-electron chi connectivity index (χ0n) is 18.5. The zero-order valence-corrected chi connectivity index (χ0v) is 20.1. The first-order chi connectivity index (χ1) is 16.4. The third-order valence-electron chi connectivity index (χ3n) is 5.39. The van der Waals surface area contributed by atoms with Gasteiger partial charge in [-0.15, -0.1) is 0 Å². The number of rotatable bonds is 7. The lowest BCUT2D eigenvalue weighted by Gasteiger charge is -2.13. The maximum absolute atomic E-state index is 12.7. The highest BCUT2D eigenvalue weighted by Crippen LogP contribution is 2.32. The molecule has 1 N–H and O–H groups in total. The van der Waals surface area contributed by atoms with Crippen LogP contribution < -0.4 is 5.32 Å². The van der Waals surface area contributed by atoms with Gasteiger partial charge in [0.05, 0.1) is 22.8 Å². The molecule has 0 saturated heterocycles. The number of carbonyl (C=O) groups is 1. The molecule has 4 rings (SSSR count). The SMILES string of the molecule is CCS(=O)(=O)c1ccc(CC(=O)Nc2ccc(-c3ccc(Cl)cc3)c(-c3ccccc3)n2)cc1. The van der Waals surface area contributed by atoms with Crippen LogP contribution in [0.25, 0.3) is 22.4 Å². The minimum Gasteiger partial charge on any atom is -0.310 e. The molecule has 0 atom stereocenters. The Bertz CT molecular complexity index is 1400. The van der Waals surface area contributed by atoms with Crippen molar-refractivity contribution in [3.8, 4) is 22.4 Å². The van der Waals surface area contributed by atoms with Crippen molar-refractivity contribution in [3.05, 3.63) is 102 Å². The van der Waals surface area contributed by atoms with Gasteiger partial charge in [0, 0.05) is 16.1 Å². The number of sulfone groups is 1. The van der Waals surface area contributed by atoms with Crippen molar-refractivity contribution in [3.63, 3.8) is 0 Å². The number of carbonyl (C=O) groups excluding carboxylic acids is 1. The first-order valence-electron chi connectivity index (χ1n) is 10.8. The van der Waals surface area contributed by atoms with E-state index in [0.29, 0.717) is 16.4 Å². The average Bonchev–Trinajstić information content (AvgIpc) is 2.85. The summed E-state index contributed by atoms with van der Waals surface area (Å²) in [5, 5.41) is 3.51. The van der Waals surface area contributed by atoms with E-state index in [1.165, 1.54) is 12.1 Å². The Morgan fingerprint density at radius 3 is 2.18 bits per heavy atom. The van der Waals surface area contributed by atoms with Crippen molar-refractivity contribution in [2.24, 2.45) is 0 Å². The Labute approximate surface area is 204 Å². The molecule has 0 saturated carbocycles. The van der Waals surface area contributed by atoms with Gasteiger partial charge in [0.25, 0.3) is 0 Å². The summed E-state index contributed by atoms with van der Waals surface area (Å²) in [6.07, 6.45) is 0.105.